The molecule has 0 radical (unpaired) electrons. The normalized spacial score (nSPS) is 29.0. The number of rotatable bonds is 2. The molecule has 1 saturated heterocycles. The zero-order valence-electron chi connectivity index (χ0n) is 10.5. The van der Waals surface area contributed by atoms with E-state index in [2.05, 4.69) is 11.8 Å². The number of H-pyrrole nitrogens is 1. The second-order valence-electron chi connectivity index (χ2n) is 4.27. The van der Waals surface area contributed by atoms with Gasteiger partial charge in [0.25, 0.3) is 5.56 Å². The zero-order chi connectivity index (χ0) is 14.9. The van der Waals surface area contributed by atoms with Crippen LogP contribution >= 0.6 is 0 Å². The number of alkyl halides is 1. The van der Waals surface area contributed by atoms with Crippen LogP contribution in [0.15, 0.2) is 15.8 Å². The lowest BCUT2D eigenvalue weighted by Gasteiger charge is -2.15. The first-order chi connectivity index (χ1) is 9.49. The topological polar surface area (TPSA) is 105 Å². The van der Waals surface area contributed by atoms with Crippen LogP contribution in [0.3, 0.4) is 0 Å². The van der Waals surface area contributed by atoms with Crippen molar-refractivity contribution >= 4 is 0 Å². The Morgan fingerprint density at radius 2 is 2.25 bits per heavy atom. The molecule has 7 nitrogen and oxygen atoms in total. The van der Waals surface area contributed by atoms with Crippen LogP contribution in [0.1, 0.15) is 18.7 Å². The molecule has 0 spiro atoms. The SMILES string of the molecule is CC#Cc1cn([C@@H]2O[C@H](CO)[C@@H](O)[C@H]2F)c(=O)[nH]c1=O. The number of hydrogen-bond acceptors (Lipinski definition) is 5. The highest BCUT2D eigenvalue weighted by molar-refractivity contribution is 5.28. The third-order valence-electron chi connectivity index (χ3n) is 2.98. The summed E-state index contributed by atoms with van der Waals surface area (Å²) in [6.45, 7) is 0.919. The molecule has 2 rings (SSSR count). The Hall–Kier alpha value is -1.95. The molecule has 1 aliphatic rings. The Kier molecular flexibility index (Phi) is 4.04. The van der Waals surface area contributed by atoms with Gasteiger partial charge in [-0.05, 0) is 6.92 Å². The highest BCUT2D eigenvalue weighted by Gasteiger charge is 2.45. The van der Waals surface area contributed by atoms with E-state index in [0.29, 0.717) is 0 Å². The summed E-state index contributed by atoms with van der Waals surface area (Å²) in [6, 6.07) is 0. The molecule has 1 fully saturated rings. The molecule has 0 bridgehead atoms. The average Bonchev–Trinajstić information content (AvgIpc) is 2.70. The number of halogens is 1. The predicted molar refractivity (Wildman–Crippen MR) is 65.8 cm³/mol. The molecule has 4 atom stereocenters. The predicted octanol–water partition coefficient (Wildman–Crippen LogP) is -1.50. The maximum Gasteiger partial charge on any atom is 0.330 e. The Bertz CT molecular complexity index is 671. The van der Waals surface area contributed by atoms with Gasteiger partial charge in [-0.15, -0.1) is 5.92 Å². The molecule has 20 heavy (non-hydrogen) atoms. The summed E-state index contributed by atoms with van der Waals surface area (Å²) >= 11 is 0. The van der Waals surface area contributed by atoms with Gasteiger partial charge >= 0.3 is 5.69 Å². The van der Waals surface area contributed by atoms with Crippen molar-refractivity contribution < 1.29 is 19.3 Å². The third-order valence-corrected chi connectivity index (χ3v) is 2.98. The minimum absolute atomic E-state index is 0.0233. The zero-order valence-corrected chi connectivity index (χ0v) is 10.5. The summed E-state index contributed by atoms with van der Waals surface area (Å²) in [5, 5.41) is 18.5. The van der Waals surface area contributed by atoms with Crippen molar-refractivity contribution in [2.24, 2.45) is 0 Å². The van der Waals surface area contributed by atoms with Crippen LogP contribution in [0.2, 0.25) is 0 Å². The number of ether oxygens (including phenoxy) is 1. The third kappa shape index (κ3) is 2.38. The van der Waals surface area contributed by atoms with Gasteiger partial charge in [0.2, 0.25) is 0 Å². The van der Waals surface area contributed by atoms with Crippen LogP contribution in [0.4, 0.5) is 4.39 Å². The molecule has 0 amide bonds. The molecule has 0 aromatic carbocycles. The summed E-state index contributed by atoms with van der Waals surface area (Å²) in [5.74, 6) is 4.97. The van der Waals surface area contributed by atoms with Crippen LogP contribution < -0.4 is 11.2 Å². The monoisotopic (exact) mass is 284 g/mol. The van der Waals surface area contributed by atoms with Crippen LogP contribution in [0.25, 0.3) is 0 Å². The standard InChI is InChI=1S/C12H13FN2O5/c1-2-3-6-4-15(12(19)14-10(6)18)11-8(13)9(17)7(5-16)20-11/h4,7-9,11,16-17H,5H2,1H3,(H,14,18,19)/t7-,8-,9-,11-/m1/s1. The minimum atomic E-state index is -1.90. The van der Waals surface area contributed by atoms with Crippen molar-refractivity contribution in [1.82, 2.24) is 9.55 Å². The lowest BCUT2D eigenvalue weighted by molar-refractivity contribution is -0.0491. The van der Waals surface area contributed by atoms with Crippen molar-refractivity contribution in [2.45, 2.75) is 31.5 Å². The second-order valence-corrected chi connectivity index (χ2v) is 4.27. The highest BCUT2D eigenvalue weighted by Crippen LogP contribution is 2.30. The van der Waals surface area contributed by atoms with E-state index in [4.69, 9.17) is 9.84 Å². The van der Waals surface area contributed by atoms with Gasteiger partial charge in [-0.25, -0.2) is 9.18 Å². The molecule has 0 aliphatic carbocycles. The number of nitrogens with one attached hydrogen (secondary N) is 1. The number of nitrogens with zero attached hydrogens (tertiary/aromatic N) is 1. The molecule has 2 heterocycles. The Balaban J connectivity index is 2.47. The fourth-order valence-electron chi connectivity index (χ4n) is 1.98. The smallest absolute Gasteiger partial charge is 0.330 e. The second kappa shape index (κ2) is 5.58. The van der Waals surface area contributed by atoms with E-state index in [-0.39, 0.29) is 5.56 Å². The molecule has 8 heteroatoms. The minimum Gasteiger partial charge on any atom is -0.394 e. The fraction of sp³-hybridized carbons (Fsp3) is 0.500. The van der Waals surface area contributed by atoms with E-state index in [0.717, 1.165) is 10.8 Å². The largest absolute Gasteiger partial charge is 0.394 e. The molecule has 0 saturated carbocycles. The Labute approximate surface area is 112 Å². The van der Waals surface area contributed by atoms with Gasteiger partial charge < -0.3 is 14.9 Å². The maximum atomic E-state index is 13.9. The van der Waals surface area contributed by atoms with Gasteiger partial charge in [0, 0.05) is 6.20 Å². The Morgan fingerprint density at radius 1 is 1.55 bits per heavy atom. The van der Waals surface area contributed by atoms with E-state index in [1.807, 2.05) is 4.98 Å². The lowest BCUT2D eigenvalue weighted by atomic mass is 10.1. The number of aliphatic hydroxyl groups excluding tert-OH is 2. The molecule has 0 unspecified atom stereocenters. The van der Waals surface area contributed by atoms with Crippen LogP contribution in [-0.2, 0) is 4.74 Å². The fourth-order valence-corrected chi connectivity index (χ4v) is 1.98. The summed E-state index contributed by atoms with van der Waals surface area (Å²) in [7, 11) is 0. The first kappa shape index (κ1) is 14.5. The Morgan fingerprint density at radius 3 is 2.80 bits per heavy atom. The molecule has 3 N–H and O–H groups in total. The van der Waals surface area contributed by atoms with E-state index >= 15 is 0 Å². The van der Waals surface area contributed by atoms with E-state index < -0.39 is 42.5 Å². The van der Waals surface area contributed by atoms with Gasteiger partial charge in [0.15, 0.2) is 12.4 Å². The molecule has 1 aliphatic heterocycles. The van der Waals surface area contributed by atoms with Gasteiger partial charge in [-0.2, -0.15) is 0 Å². The summed E-state index contributed by atoms with van der Waals surface area (Å²) in [5.41, 5.74) is -1.59. The van der Waals surface area contributed by atoms with Crippen LogP contribution in [-0.4, -0.2) is 44.8 Å². The van der Waals surface area contributed by atoms with Crippen molar-refractivity contribution in [3.8, 4) is 11.8 Å². The van der Waals surface area contributed by atoms with Gasteiger partial charge in [0.1, 0.15) is 17.8 Å². The van der Waals surface area contributed by atoms with Crippen molar-refractivity contribution in [3.63, 3.8) is 0 Å². The van der Waals surface area contributed by atoms with E-state index in [1.165, 1.54) is 6.92 Å². The highest BCUT2D eigenvalue weighted by atomic mass is 19.1. The van der Waals surface area contributed by atoms with E-state index in [1.54, 1.807) is 0 Å². The van der Waals surface area contributed by atoms with Crippen molar-refractivity contribution in [1.29, 1.82) is 0 Å². The molecule has 108 valence electrons. The van der Waals surface area contributed by atoms with E-state index in [9.17, 15) is 19.1 Å². The van der Waals surface area contributed by atoms with Gasteiger partial charge in [-0.1, -0.05) is 5.92 Å². The maximum absolute atomic E-state index is 13.9. The molecular weight excluding hydrogens is 271 g/mol. The number of hydrogen-bond donors (Lipinski definition) is 3. The average molecular weight is 284 g/mol. The molecular formula is C12H13FN2O5. The van der Waals surface area contributed by atoms with Crippen LogP contribution in [0, 0.1) is 11.8 Å². The number of aromatic amines is 1. The number of aliphatic hydroxyl groups is 2. The van der Waals surface area contributed by atoms with Gasteiger partial charge in [-0.3, -0.25) is 14.3 Å². The molecule has 1 aromatic rings. The number of aromatic nitrogens is 2. The molecule has 1 aromatic heterocycles. The quantitative estimate of drug-likeness (QED) is 0.573. The lowest BCUT2D eigenvalue weighted by Crippen LogP contribution is -2.37. The summed E-state index contributed by atoms with van der Waals surface area (Å²) in [6.07, 6.45) is -4.94. The van der Waals surface area contributed by atoms with Gasteiger partial charge in [0.05, 0.1) is 6.61 Å². The van der Waals surface area contributed by atoms with Crippen molar-refractivity contribution in [2.75, 3.05) is 6.61 Å². The first-order valence-corrected chi connectivity index (χ1v) is 5.86. The first-order valence-electron chi connectivity index (χ1n) is 5.86. The van der Waals surface area contributed by atoms with Crippen molar-refractivity contribution in [3.05, 3.63) is 32.6 Å². The summed E-state index contributed by atoms with van der Waals surface area (Å²) < 4.78 is 19.8. The van der Waals surface area contributed by atoms with Crippen LogP contribution in [0.5, 0.6) is 0 Å². The summed E-state index contributed by atoms with van der Waals surface area (Å²) in [4.78, 5) is 25.2.